The molecular formula is C18H22N2O4S. The molecule has 0 bridgehead atoms. The van der Waals surface area contributed by atoms with Gasteiger partial charge in [0.2, 0.25) is 5.91 Å². The van der Waals surface area contributed by atoms with Gasteiger partial charge in [0.05, 0.1) is 5.75 Å². The topological polar surface area (TPSA) is 88.4 Å². The predicted octanol–water partition coefficient (Wildman–Crippen LogP) is 2.88. The van der Waals surface area contributed by atoms with Gasteiger partial charge in [-0.25, -0.2) is 9.59 Å². The maximum Gasteiger partial charge on any atom is 0.336 e. The fourth-order valence-corrected chi connectivity index (χ4v) is 3.16. The Bertz CT molecular complexity index is 845. The molecule has 25 heavy (non-hydrogen) atoms. The number of urea groups is 1. The Labute approximate surface area is 150 Å². The third kappa shape index (κ3) is 5.09. The van der Waals surface area contributed by atoms with Crippen molar-refractivity contribution >= 4 is 34.7 Å². The molecule has 0 saturated heterocycles. The van der Waals surface area contributed by atoms with Crippen molar-refractivity contribution < 1.29 is 14.0 Å². The zero-order valence-corrected chi connectivity index (χ0v) is 15.4. The van der Waals surface area contributed by atoms with Crippen molar-refractivity contribution in [3.8, 4) is 0 Å². The van der Waals surface area contributed by atoms with Crippen molar-refractivity contribution in [3.05, 3.63) is 45.3 Å². The van der Waals surface area contributed by atoms with Crippen molar-refractivity contribution in [3.63, 3.8) is 0 Å². The van der Waals surface area contributed by atoms with Crippen LogP contribution in [0.4, 0.5) is 4.79 Å². The SMILES string of the molecule is CCCNC(=O)NC(=O)CSCc1cc(=O)oc2c(C)c(C)ccc12. The number of imide groups is 1. The number of thioether (sulfide) groups is 1. The molecule has 134 valence electrons. The Kier molecular flexibility index (Phi) is 6.64. The molecule has 6 nitrogen and oxygen atoms in total. The molecule has 2 aromatic rings. The molecule has 7 heteroatoms. The fraction of sp³-hybridized carbons (Fsp3) is 0.389. The van der Waals surface area contributed by atoms with E-state index in [9.17, 15) is 14.4 Å². The fourth-order valence-electron chi connectivity index (χ4n) is 2.34. The van der Waals surface area contributed by atoms with E-state index in [0.29, 0.717) is 17.9 Å². The quantitative estimate of drug-likeness (QED) is 0.772. The highest BCUT2D eigenvalue weighted by Crippen LogP contribution is 2.25. The minimum absolute atomic E-state index is 0.131. The molecule has 1 aromatic heterocycles. The number of rotatable bonds is 6. The lowest BCUT2D eigenvalue weighted by molar-refractivity contribution is -0.117. The molecule has 1 heterocycles. The number of nitrogens with one attached hydrogen (secondary N) is 2. The lowest BCUT2D eigenvalue weighted by Gasteiger charge is -2.09. The highest BCUT2D eigenvalue weighted by molar-refractivity contribution is 7.99. The first-order chi connectivity index (χ1) is 11.9. The largest absolute Gasteiger partial charge is 0.422 e. The first-order valence-corrected chi connectivity index (χ1v) is 9.26. The summed E-state index contributed by atoms with van der Waals surface area (Å²) in [6, 6.07) is 4.88. The van der Waals surface area contributed by atoms with Crippen molar-refractivity contribution in [1.29, 1.82) is 0 Å². The maximum absolute atomic E-state index is 11.8. The number of carbonyl (C=O) groups is 2. The Hall–Kier alpha value is -2.28. The molecule has 0 unspecified atom stereocenters. The standard InChI is InChI=1S/C18H22N2O4S/c1-4-7-19-18(23)20-15(21)10-25-9-13-8-16(22)24-17-12(3)11(2)5-6-14(13)17/h5-6,8H,4,7,9-10H2,1-3H3,(H2,19,20,21,23). The third-order valence-corrected chi connectivity index (χ3v) is 4.78. The number of benzene rings is 1. The van der Waals surface area contributed by atoms with Crippen LogP contribution in [0.25, 0.3) is 11.0 Å². The normalized spacial score (nSPS) is 10.7. The monoisotopic (exact) mass is 362 g/mol. The minimum atomic E-state index is -0.482. The number of carbonyl (C=O) groups excluding carboxylic acids is 2. The summed E-state index contributed by atoms with van der Waals surface area (Å²) in [7, 11) is 0. The zero-order chi connectivity index (χ0) is 18.4. The van der Waals surface area contributed by atoms with Crippen LogP contribution < -0.4 is 16.3 Å². The molecule has 0 spiro atoms. The Balaban J connectivity index is 2.02. The lowest BCUT2D eigenvalue weighted by Crippen LogP contribution is -2.40. The van der Waals surface area contributed by atoms with Crippen LogP contribution in [0.3, 0.4) is 0 Å². The van der Waals surface area contributed by atoms with Gasteiger partial charge in [-0.1, -0.05) is 19.1 Å². The van der Waals surface area contributed by atoms with E-state index < -0.39 is 11.7 Å². The summed E-state index contributed by atoms with van der Waals surface area (Å²) in [5.41, 5.74) is 3.00. The number of fused-ring (bicyclic) bond motifs is 1. The molecular weight excluding hydrogens is 340 g/mol. The molecule has 2 rings (SSSR count). The van der Waals surface area contributed by atoms with E-state index in [1.54, 1.807) is 0 Å². The molecule has 0 saturated carbocycles. The molecule has 0 fully saturated rings. The van der Waals surface area contributed by atoms with Gasteiger partial charge >= 0.3 is 11.7 Å². The summed E-state index contributed by atoms with van der Waals surface area (Å²) < 4.78 is 5.33. The Morgan fingerprint density at radius 2 is 2.00 bits per heavy atom. The highest BCUT2D eigenvalue weighted by Gasteiger charge is 2.11. The van der Waals surface area contributed by atoms with Gasteiger partial charge in [-0.05, 0) is 37.0 Å². The van der Waals surface area contributed by atoms with Crippen LogP contribution in [0, 0.1) is 13.8 Å². The number of hydrogen-bond acceptors (Lipinski definition) is 5. The molecule has 2 N–H and O–H groups in total. The van der Waals surface area contributed by atoms with Crippen LogP contribution in [-0.4, -0.2) is 24.2 Å². The van der Waals surface area contributed by atoms with E-state index in [1.165, 1.54) is 17.8 Å². The second kappa shape index (κ2) is 8.71. The van der Waals surface area contributed by atoms with Crippen LogP contribution in [-0.2, 0) is 10.5 Å². The Morgan fingerprint density at radius 3 is 2.72 bits per heavy atom. The minimum Gasteiger partial charge on any atom is -0.422 e. The van der Waals surface area contributed by atoms with Crippen LogP contribution >= 0.6 is 11.8 Å². The van der Waals surface area contributed by atoms with E-state index in [-0.39, 0.29) is 11.7 Å². The molecule has 0 radical (unpaired) electrons. The van der Waals surface area contributed by atoms with E-state index in [4.69, 9.17) is 4.42 Å². The zero-order valence-electron chi connectivity index (χ0n) is 14.6. The van der Waals surface area contributed by atoms with Crippen LogP contribution in [0.5, 0.6) is 0 Å². The molecule has 0 atom stereocenters. The van der Waals surface area contributed by atoms with Crippen LogP contribution in [0.15, 0.2) is 27.4 Å². The molecule has 0 aliphatic carbocycles. The van der Waals surface area contributed by atoms with E-state index in [2.05, 4.69) is 10.6 Å². The van der Waals surface area contributed by atoms with Crippen molar-refractivity contribution in [1.82, 2.24) is 10.6 Å². The predicted molar refractivity (Wildman–Crippen MR) is 100.0 cm³/mol. The average molecular weight is 362 g/mol. The first-order valence-electron chi connectivity index (χ1n) is 8.10. The number of aryl methyl sites for hydroxylation is 2. The number of amides is 3. The number of hydrogen-bond donors (Lipinski definition) is 2. The Morgan fingerprint density at radius 1 is 1.24 bits per heavy atom. The summed E-state index contributed by atoms with van der Waals surface area (Å²) in [6.07, 6.45) is 0.804. The van der Waals surface area contributed by atoms with Gasteiger partial charge in [-0.15, -0.1) is 11.8 Å². The summed E-state index contributed by atoms with van der Waals surface area (Å²) >= 11 is 1.34. The van der Waals surface area contributed by atoms with Gasteiger partial charge in [-0.3, -0.25) is 10.1 Å². The van der Waals surface area contributed by atoms with E-state index in [0.717, 1.165) is 28.5 Å². The molecule has 0 aliphatic rings. The van der Waals surface area contributed by atoms with Crippen molar-refractivity contribution in [2.24, 2.45) is 0 Å². The van der Waals surface area contributed by atoms with Gasteiger partial charge in [0.15, 0.2) is 0 Å². The first kappa shape index (κ1) is 19.1. The summed E-state index contributed by atoms with van der Waals surface area (Å²) in [4.78, 5) is 35.0. The van der Waals surface area contributed by atoms with Crippen LogP contribution in [0.1, 0.15) is 30.0 Å². The molecule has 3 amide bonds. The van der Waals surface area contributed by atoms with Crippen LogP contribution in [0.2, 0.25) is 0 Å². The summed E-state index contributed by atoms with van der Waals surface area (Å²) in [6.45, 7) is 6.34. The smallest absolute Gasteiger partial charge is 0.336 e. The van der Waals surface area contributed by atoms with Crippen molar-refractivity contribution in [2.45, 2.75) is 32.9 Å². The lowest BCUT2D eigenvalue weighted by atomic mass is 10.0. The summed E-state index contributed by atoms with van der Waals surface area (Å²) in [5.74, 6) is 0.249. The van der Waals surface area contributed by atoms with Gasteiger partial charge in [0, 0.05) is 23.8 Å². The van der Waals surface area contributed by atoms with Gasteiger partial charge in [-0.2, -0.15) is 0 Å². The second-order valence-corrected chi connectivity index (χ2v) is 6.76. The van der Waals surface area contributed by atoms with Crippen molar-refractivity contribution in [2.75, 3.05) is 12.3 Å². The molecule has 1 aromatic carbocycles. The average Bonchev–Trinajstić information content (AvgIpc) is 2.56. The van der Waals surface area contributed by atoms with E-state index in [1.807, 2.05) is 32.9 Å². The maximum atomic E-state index is 11.8. The third-order valence-electron chi connectivity index (χ3n) is 3.80. The molecule has 0 aliphatic heterocycles. The van der Waals surface area contributed by atoms with Gasteiger partial charge in [0.1, 0.15) is 5.58 Å². The van der Waals surface area contributed by atoms with Gasteiger partial charge < -0.3 is 9.73 Å². The highest BCUT2D eigenvalue weighted by atomic mass is 32.2. The van der Waals surface area contributed by atoms with E-state index >= 15 is 0 Å². The summed E-state index contributed by atoms with van der Waals surface area (Å²) in [5, 5.41) is 5.73. The second-order valence-electron chi connectivity index (χ2n) is 5.77. The van der Waals surface area contributed by atoms with Gasteiger partial charge in [0.25, 0.3) is 0 Å².